The van der Waals surface area contributed by atoms with Crippen molar-refractivity contribution in [2.45, 2.75) is 0 Å². The van der Waals surface area contributed by atoms with Gasteiger partial charge in [-0.3, -0.25) is 4.98 Å². The molecule has 2 N–H and O–H groups in total. The molecule has 0 unspecified atom stereocenters. The van der Waals surface area contributed by atoms with Crippen molar-refractivity contribution in [3.8, 4) is 0 Å². The maximum Gasteiger partial charge on any atom is 0.337 e. The van der Waals surface area contributed by atoms with Crippen LogP contribution in [0.1, 0.15) is 10.4 Å². The lowest BCUT2D eigenvalue weighted by Gasteiger charge is -2.12. The Morgan fingerprint density at radius 1 is 1.60 bits per heavy atom. The third-order valence-corrected chi connectivity index (χ3v) is 1.93. The van der Waals surface area contributed by atoms with Gasteiger partial charge in [0.15, 0.2) is 0 Å². The SMILES string of the molecule is CN(C)CCNc1cnccc1C(=O)O. The summed E-state index contributed by atoms with van der Waals surface area (Å²) < 4.78 is 0. The summed E-state index contributed by atoms with van der Waals surface area (Å²) >= 11 is 0. The Kier molecular flexibility index (Phi) is 4.05. The number of hydrogen-bond acceptors (Lipinski definition) is 4. The fourth-order valence-electron chi connectivity index (χ4n) is 1.14. The van der Waals surface area contributed by atoms with Gasteiger partial charge in [-0.05, 0) is 20.2 Å². The molecule has 0 spiro atoms. The molecule has 5 nitrogen and oxygen atoms in total. The number of carboxylic acid groups (broad SMARTS) is 1. The van der Waals surface area contributed by atoms with Gasteiger partial charge in [0.25, 0.3) is 0 Å². The van der Waals surface area contributed by atoms with Crippen LogP contribution >= 0.6 is 0 Å². The average molecular weight is 209 g/mol. The summed E-state index contributed by atoms with van der Waals surface area (Å²) in [7, 11) is 3.92. The number of nitrogens with zero attached hydrogens (tertiary/aromatic N) is 2. The second kappa shape index (κ2) is 5.31. The van der Waals surface area contributed by atoms with Crippen molar-refractivity contribution in [2.24, 2.45) is 0 Å². The Balaban J connectivity index is 2.63. The van der Waals surface area contributed by atoms with Crippen molar-refractivity contribution in [1.29, 1.82) is 0 Å². The molecule has 0 aliphatic heterocycles. The molecule has 15 heavy (non-hydrogen) atoms. The highest BCUT2D eigenvalue weighted by Crippen LogP contribution is 2.12. The van der Waals surface area contributed by atoms with Gasteiger partial charge in [-0.1, -0.05) is 0 Å². The van der Waals surface area contributed by atoms with Crippen molar-refractivity contribution in [3.63, 3.8) is 0 Å². The molecular weight excluding hydrogens is 194 g/mol. The van der Waals surface area contributed by atoms with E-state index >= 15 is 0 Å². The molecule has 1 rings (SSSR count). The molecule has 1 aromatic rings. The Morgan fingerprint density at radius 2 is 2.33 bits per heavy atom. The first kappa shape index (κ1) is 11.5. The number of nitrogens with one attached hydrogen (secondary N) is 1. The summed E-state index contributed by atoms with van der Waals surface area (Å²) in [6.45, 7) is 1.53. The second-order valence-electron chi connectivity index (χ2n) is 3.46. The van der Waals surface area contributed by atoms with E-state index in [9.17, 15) is 4.79 Å². The summed E-state index contributed by atoms with van der Waals surface area (Å²) in [5.74, 6) is -0.940. The minimum atomic E-state index is -0.940. The number of rotatable bonds is 5. The van der Waals surface area contributed by atoms with Crippen LogP contribution in [0.15, 0.2) is 18.5 Å². The van der Waals surface area contributed by atoms with Crippen molar-refractivity contribution in [2.75, 3.05) is 32.5 Å². The molecule has 0 aliphatic carbocycles. The predicted octanol–water partition coefficient (Wildman–Crippen LogP) is 0.753. The molecule has 0 atom stereocenters. The standard InChI is InChI=1S/C10H15N3O2/c1-13(2)6-5-12-9-7-11-4-3-8(9)10(14)15/h3-4,7,12H,5-6H2,1-2H3,(H,14,15). The van der Waals surface area contributed by atoms with Crippen LogP contribution in [-0.4, -0.2) is 48.1 Å². The topological polar surface area (TPSA) is 65.5 Å². The van der Waals surface area contributed by atoms with Gasteiger partial charge in [0.05, 0.1) is 17.4 Å². The lowest BCUT2D eigenvalue weighted by Crippen LogP contribution is -2.21. The van der Waals surface area contributed by atoms with E-state index in [1.165, 1.54) is 18.5 Å². The average Bonchev–Trinajstić information content (AvgIpc) is 2.17. The van der Waals surface area contributed by atoms with E-state index in [-0.39, 0.29) is 5.56 Å². The predicted molar refractivity (Wildman–Crippen MR) is 58.2 cm³/mol. The van der Waals surface area contributed by atoms with E-state index in [1.54, 1.807) is 0 Å². The Labute approximate surface area is 88.7 Å². The number of aromatic carboxylic acids is 1. The van der Waals surface area contributed by atoms with Gasteiger partial charge in [0, 0.05) is 19.3 Å². The lowest BCUT2D eigenvalue weighted by molar-refractivity contribution is 0.0698. The number of anilines is 1. The molecule has 5 heteroatoms. The second-order valence-corrected chi connectivity index (χ2v) is 3.46. The van der Waals surface area contributed by atoms with Crippen molar-refractivity contribution < 1.29 is 9.90 Å². The van der Waals surface area contributed by atoms with Crippen LogP contribution in [0.25, 0.3) is 0 Å². The number of aromatic nitrogens is 1. The minimum absolute atomic E-state index is 0.253. The molecule has 0 aliphatic rings. The monoisotopic (exact) mass is 209 g/mol. The first-order chi connectivity index (χ1) is 7.11. The third-order valence-electron chi connectivity index (χ3n) is 1.93. The molecule has 1 heterocycles. The highest BCUT2D eigenvalue weighted by molar-refractivity contribution is 5.93. The first-order valence-electron chi connectivity index (χ1n) is 4.67. The summed E-state index contributed by atoms with van der Waals surface area (Å²) in [4.78, 5) is 16.7. The zero-order valence-corrected chi connectivity index (χ0v) is 8.90. The van der Waals surface area contributed by atoms with E-state index in [0.717, 1.165) is 6.54 Å². The van der Waals surface area contributed by atoms with Crippen LogP contribution in [0, 0.1) is 0 Å². The van der Waals surface area contributed by atoms with Crippen LogP contribution in [0.2, 0.25) is 0 Å². The summed E-state index contributed by atoms with van der Waals surface area (Å²) in [5.41, 5.74) is 0.815. The van der Waals surface area contributed by atoms with E-state index in [2.05, 4.69) is 10.3 Å². The molecule has 0 saturated heterocycles. The van der Waals surface area contributed by atoms with Gasteiger partial charge in [-0.15, -0.1) is 0 Å². The fourth-order valence-corrected chi connectivity index (χ4v) is 1.14. The number of pyridine rings is 1. The number of likely N-dealkylation sites (N-methyl/N-ethyl adjacent to an activating group) is 1. The molecule has 0 amide bonds. The smallest absolute Gasteiger partial charge is 0.337 e. The van der Waals surface area contributed by atoms with E-state index in [0.29, 0.717) is 12.2 Å². The van der Waals surface area contributed by atoms with Crippen LogP contribution in [-0.2, 0) is 0 Å². The van der Waals surface area contributed by atoms with Gasteiger partial charge >= 0.3 is 5.97 Å². The molecule has 0 radical (unpaired) electrons. The van der Waals surface area contributed by atoms with Gasteiger partial charge < -0.3 is 15.3 Å². The highest BCUT2D eigenvalue weighted by Gasteiger charge is 2.08. The van der Waals surface area contributed by atoms with Crippen LogP contribution in [0.4, 0.5) is 5.69 Å². The molecular formula is C10H15N3O2. The van der Waals surface area contributed by atoms with E-state index in [1.807, 2.05) is 19.0 Å². The Morgan fingerprint density at radius 3 is 2.93 bits per heavy atom. The third kappa shape index (κ3) is 3.55. The van der Waals surface area contributed by atoms with Gasteiger partial charge in [-0.2, -0.15) is 0 Å². The van der Waals surface area contributed by atoms with Crippen LogP contribution in [0.3, 0.4) is 0 Å². The number of hydrogen-bond donors (Lipinski definition) is 2. The molecule has 0 saturated carbocycles. The zero-order chi connectivity index (χ0) is 11.3. The van der Waals surface area contributed by atoms with Gasteiger partial charge in [0.1, 0.15) is 0 Å². The maximum absolute atomic E-state index is 10.8. The first-order valence-corrected chi connectivity index (χ1v) is 4.67. The summed E-state index contributed by atoms with van der Waals surface area (Å²) in [5, 5.41) is 11.9. The number of carboxylic acids is 1. The van der Waals surface area contributed by atoms with E-state index in [4.69, 9.17) is 5.11 Å². The van der Waals surface area contributed by atoms with Crippen molar-refractivity contribution in [3.05, 3.63) is 24.0 Å². The van der Waals surface area contributed by atoms with Crippen LogP contribution < -0.4 is 5.32 Å². The summed E-state index contributed by atoms with van der Waals surface area (Å²) in [6, 6.07) is 1.49. The molecule has 0 fully saturated rings. The molecule has 1 aromatic heterocycles. The quantitative estimate of drug-likeness (QED) is 0.749. The minimum Gasteiger partial charge on any atom is -0.478 e. The van der Waals surface area contributed by atoms with Crippen molar-refractivity contribution >= 4 is 11.7 Å². The largest absolute Gasteiger partial charge is 0.478 e. The molecule has 0 bridgehead atoms. The fraction of sp³-hybridized carbons (Fsp3) is 0.400. The number of carbonyl (C=O) groups is 1. The van der Waals surface area contributed by atoms with Gasteiger partial charge in [-0.25, -0.2) is 4.79 Å². The Hall–Kier alpha value is -1.62. The molecule has 82 valence electrons. The highest BCUT2D eigenvalue weighted by atomic mass is 16.4. The Bertz CT molecular complexity index is 339. The lowest BCUT2D eigenvalue weighted by atomic mass is 10.2. The molecule has 0 aromatic carbocycles. The summed E-state index contributed by atoms with van der Waals surface area (Å²) in [6.07, 6.45) is 3.00. The normalized spacial score (nSPS) is 10.3. The zero-order valence-electron chi connectivity index (χ0n) is 8.90. The van der Waals surface area contributed by atoms with E-state index < -0.39 is 5.97 Å². The van der Waals surface area contributed by atoms with Gasteiger partial charge in [0.2, 0.25) is 0 Å². The van der Waals surface area contributed by atoms with Crippen LogP contribution in [0.5, 0.6) is 0 Å². The van der Waals surface area contributed by atoms with Crippen molar-refractivity contribution in [1.82, 2.24) is 9.88 Å². The maximum atomic E-state index is 10.8.